The Labute approximate surface area is 212 Å². The van der Waals surface area contributed by atoms with Crippen LogP contribution in [-0.4, -0.2) is 44.7 Å². The Morgan fingerprint density at radius 2 is 1.71 bits per heavy atom. The molecule has 0 bridgehead atoms. The van der Waals surface area contributed by atoms with Crippen molar-refractivity contribution in [3.05, 3.63) is 70.8 Å². The van der Waals surface area contributed by atoms with Crippen molar-refractivity contribution < 1.29 is 8.42 Å². The van der Waals surface area contributed by atoms with Crippen LogP contribution in [0.25, 0.3) is 0 Å². The summed E-state index contributed by atoms with van der Waals surface area (Å²) < 4.78 is 27.1. The first-order chi connectivity index (χ1) is 16.1. The van der Waals surface area contributed by atoms with E-state index in [1.54, 1.807) is 0 Å². The normalized spacial score (nSPS) is 22.8. The van der Waals surface area contributed by atoms with E-state index in [0.717, 1.165) is 32.1 Å². The number of hydrogen-bond donors (Lipinski definition) is 1. The molecule has 1 heterocycles. The Kier molecular flexibility index (Phi) is 8.73. The Morgan fingerprint density at radius 3 is 2.44 bits per heavy atom. The summed E-state index contributed by atoms with van der Waals surface area (Å²) in [7, 11) is -3.10. The summed E-state index contributed by atoms with van der Waals surface area (Å²) in [5, 5.41) is 0. The predicted octanol–water partition coefficient (Wildman–Crippen LogP) is 5.11. The van der Waals surface area contributed by atoms with Crippen molar-refractivity contribution in [3.63, 3.8) is 0 Å². The second kappa shape index (κ2) is 11.6. The van der Waals surface area contributed by atoms with Crippen LogP contribution < -0.4 is 4.72 Å². The van der Waals surface area contributed by atoms with E-state index in [9.17, 15) is 8.42 Å². The molecule has 2 fully saturated rings. The second-order valence-corrected chi connectivity index (χ2v) is 12.3. The van der Waals surface area contributed by atoms with Gasteiger partial charge in [0.15, 0.2) is 0 Å². The smallest absolute Gasteiger partial charge is 0.211 e. The van der Waals surface area contributed by atoms with Crippen LogP contribution in [0.5, 0.6) is 0 Å². The molecule has 2 atom stereocenters. The number of nitrogens with zero attached hydrogens (tertiary/aromatic N) is 1. The fourth-order valence-corrected chi connectivity index (χ4v) is 7.41. The van der Waals surface area contributed by atoms with Crippen LogP contribution in [0.4, 0.5) is 0 Å². The Morgan fingerprint density at radius 1 is 0.941 bits per heavy atom. The van der Waals surface area contributed by atoms with Crippen LogP contribution in [0, 0.1) is 5.92 Å². The molecule has 5 rings (SSSR count). The zero-order valence-corrected chi connectivity index (χ0v) is 21.8. The van der Waals surface area contributed by atoms with Gasteiger partial charge in [0, 0.05) is 18.5 Å². The number of halogens is 1. The fraction of sp³-hybridized carbons (Fsp3) is 0.571. The quantitative estimate of drug-likeness (QED) is 0.459. The molecule has 0 amide bonds. The van der Waals surface area contributed by atoms with Crippen molar-refractivity contribution in [2.24, 2.45) is 5.92 Å². The minimum atomic E-state index is -3.10. The first kappa shape index (κ1) is 25.7. The lowest BCUT2D eigenvalue weighted by Gasteiger charge is -2.40. The molecule has 2 unspecified atom stereocenters. The number of likely N-dealkylation sites (tertiary alicyclic amines) is 1. The Bertz CT molecular complexity index is 1030. The summed E-state index contributed by atoms with van der Waals surface area (Å²) in [6.45, 7) is 3.02. The largest absolute Gasteiger partial charge is 0.300 e. The van der Waals surface area contributed by atoms with Crippen LogP contribution >= 0.6 is 12.4 Å². The van der Waals surface area contributed by atoms with Gasteiger partial charge in [-0.2, -0.15) is 0 Å². The molecular formula is C28H39ClN2O2S. The van der Waals surface area contributed by atoms with Gasteiger partial charge < -0.3 is 0 Å². The van der Waals surface area contributed by atoms with E-state index in [2.05, 4.69) is 58.2 Å². The molecule has 1 saturated carbocycles. The fourth-order valence-electron chi connectivity index (χ4n) is 5.88. The molecule has 4 nitrogen and oxygen atoms in total. The molecule has 0 aromatic heterocycles. The lowest BCUT2D eigenvalue weighted by molar-refractivity contribution is 0.188. The third-order valence-electron chi connectivity index (χ3n) is 7.81. The highest BCUT2D eigenvalue weighted by atomic mass is 35.5. The molecule has 34 heavy (non-hydrogen) atoms. The van der Waals surface area contributed by atoms with Gasteiger partial charge in [0.1, 0.15) is 0 Å². The third kappa shape index (κ3) is 6.63. The second-order valence-electron chi connectivity index (χ2n) is 10.4. The van der Waals surface area contributed by atoms with Gasteiger partial charge in [-0.25, -0.2) is 13.1 Å². The van der Waals surface area contributed by atoms with Crippen LogP contribution in [0.3, 0.4) is 0 Å². The number of benzene rings is 2. The van der Waals surface area contributed by atoms with Crippen LogP contribution in [0.2, 0.25) is 0 Å². The summed E-state index contributed by atoms with van der Waals surface area (Å²) in [5.74, 6) is 1.24. The summed E-state index contributed by atoms with van der Waals surface area (Å²) in [6, 6.07) is 18.7. The average Bonchev–Trinajstić information content (AvgIpc) is 3.44. The molecule has 186 valence electrons. The molecule has 6 heteroatoms. The van der Waals surface area contributed by atoms with E-state index in [4.69, 9.17) is 0 Å². The van der Waals surface area contributed by atoms with Crippen molar-refractivity contribution >= 4 is 22.4 Å². The average molecular weight is 503 g/mol. The lowest BCUT2D eigenvalue weighted by Crippen LogP contribution is -2.41. The van der Waals surface area contributed by atoms with Crippen molar-refractivity contribution in [2.75, 3.05) is 25.4 Å². The molecule has 3 aliphatic rings. The molecule has 0 spiro atoms. The van der Waals surface area contributed by atoms with Gasteiger partial charge in [0.2, 0.25) is 10.0 Å². The van der Waals surface area contributed by atoms with E-state index in [0.29, 0.717) is 30.2 Å². The van der Waals surface area contributed by atoms with E-state index in [-0.39, 0.29) is 12.4 Å². The van der Waals surface area contributed by atoms with Crippen molar-refractivity contribution in [2.45, 2.75) is 69.7 Å². The van der Waals surface area contributed by atoms with E-state index >= 15 is 0 Å². The minimum absolute atomic E-state index is 0. The highest BCUT2D eigenvalue weighted by Gasteiger charge is 2.35. The first-order valence-corrected chi connectivity index (χ1v) is 14.6. The van der Waals surface area contributed by atoms with Crippen LogP contribution in [-0.2, 0) is 29.3 Å². The number of rotatable bonds is 10. The summed E-state index contributed by atoms with van der Waals surface area (Å²) in [5.41, 5.74) is 5.82. The standard InChI is InChI=1S/C28H38N2O2S.ClH/c31-33(32,21-24-10-11-24)29-16-6-9-23-12-13-25-14-15-28(30-17-4-5-18-30)27(26(25)19-23)20-22-7-2-1-3-8-22;/h1-3,7-8,12-13,19,24,27-29H,4-6,9-11,14-18,20-21H2;1H. The monoisotopic (exact) mass is 502 g/mol. The van der Waals surface area contributed by atoms with Gasteiger partial charge in [-0.05, 0) is 99.0 Å². The molecule has 1 aliphatic heterocycles. The summed E-state index contributed by atoms with van der Waals surface area (Å²) in [4.78, 5) is 2.75. The maximum atomic E-state index is 12.1. The maximum absolute atomic E-state index is 12.1. The third-order valence-corrected chi connectivity index (χ3v) is 9.36. The summed E-state index contributed by atoms with van der Waals surface area (Å²) in [6.07, 6.45) is 10.1. The van der Waals surface area contributed by atoms with Crippen molar-refractivity contribution in [1.29, 1.82) is 0 Å². The van der Waals surface area contributed by atoms with Gasteiger partial charge in [-0.1, -0.05) is 48.5 Å². The Balaban J connectivity index is 0.00000274. The molecule has 1 N–H and O–H groups in total. The number of nitrogens with one attached hydrogen (secondary N) is 1. The predicted molar refractivity (Wildman–Crippen MR) is 142 cm³/mol. The maximum Gasteiger partial charge on any atom is 0.211 e. The minimum Gasteiger partial charge on any atom is -0.300 e. The topological polar surface area (TPSA) is 49.4 Å². The summed E-state index contributed by atoms with van der Waals surface area (Å²) >= 11 is 0. The van der Waals surface area contributed by atoms with Gasteiger partial charge in [0.25, 0.3) is 0 Å². The molecule has 2 aromatic carbocycles. The van der Waals surface area contributed by atoms with Crippen molar-refractivity contribution in [1.82, 2.24) is 9.62 Å². The lowest BCUT2D eigenvalue weighted by atomic mass is 9.75. The van der Waals surface area contributed by atoms with Crippen molar-refractivity contribution in [3.8, 4) is 0 Å². The van der Waals surface area contributed by atoms with Gasteiger partial charge in [-0.15, -0.1) is 12.4 Å². The number of sulfonamides is 1. The first-order valence-electron chi connectivity index (χ1n) is 12.9. The van der Waals surface area contributed by atoms with Gasteiger partial charge in [0.05, 0.1) is 5.75 Å². The molecular weight excluding hydrogens is 464 g/mol. The highest BCUT2D eigenvalue weighted by molar-refractivity contribution is 7.89. The zero-order valence-electron chi connectivity index (χ0n) is 20.1. The molecule has 2 aromatic rings. The number of aryl methyl sites for hydroxylation is 2. The highest BCUT2D eigenvalue weighted by Crippen LogP contribution is 2.39. The van der Waals surface area contributed by atoms with E-state index < -0.39 is 10.0 Å². The van der Waals surface area contributed by atoms with E-state index in [1.165, 1.54) is 61.0 Å². The van der Waals surface area contributed by atoms with Gasteiger partial charge >= 0.3 is 0 Å². The SMILES string of the molecule is Cl.O=S(=O)(CC1CC1)NCCCc1ccc2c(c1)C(Cc1ccccc1)C(N1CCCC1)CC2. The molecule has 2 aliphatic carbocycles. The molecule has 1 saturated heterocycles. The Hall–Kier alpha value is -1.40. The molecule has 0 radical (unpaired) electrons. The van der Waals surface area contributed by atoms with Crippen LogP contribution in [0.1, 0.15) is 66.7 Å². The van der Waals surface area contributed by atoms with E-state index in [1.807, 2.05) is 0 Å². The van der Waals surface area contributed by atoms with Gasteiger partial charge in [-0.3, -0.25) is 4.90 Å². The zero-order chi connectivity index (χ0) is 22.7. The number of hydrogen-bond acceptors (Lipinski definition) is 3. The number of fused-ring (bicyclic) bond motifs is 1. The van der Waals surface area contributed by atoms with Crippen LogP contribution in [0.15, 0.2) is 48.5 Å².